The van der Waals surface area contributed by atoms with E-state index in [2.05, 4.69) is 4.98 Å². The second kappa shape index (κ2) is 6.68. The van der Waals surface area contributed by atoms with Gasteiger partial charge in [0.15, 0.2) is 4.77 Å². The SMILES string of the molecule is OCc1ccc2[nH]c(=S)n(Cc3ccc(C(F)(F)F)cc3C(F)(F)F)c2c1. The Morgan fingerprint density at radius 1 is 0.963 bits per heavy atom. The maximum atomic E-state index is 13.3. The Hall–Kier alpha value is -2.33. The molecule has 0 saturated heterocycles. The van der Waals surface area contributed by atoms with Crippen LogP contribution in [0.2, 0.25) is 0 Å². The number of nitrogens with zero attached hydrogens (tertiary/aromatic N) is 1. The van der Waals surface area contributed by atoms with Crippen LogP contribution in [-0.2, 0) is 25.5 Å². The molecule has 0 atom stereocenters. The molecular formula is C17H12F6N2OS. The van der Waals surface area contributed by atoms with Crippen LogP contribution in [0.1, 0.15) is 22.3 Å². The monoisotopic (exact) mass is 406 g/mol. The zero-order chi connectivity index (χ0) is 20.0. The van der Waals surface area contributed by atoms with Crippen molar-refractivity contribution < 1.29 is 31.4 Å². The van der Waals surface area contributed by atoms with Gasteiger partial charge in [-0.2, -0.15) is 26.3 Å². The van der Waals surface area contributed by atoms with Crippen LogP contribution in [0.15, 0.2) is 36.4 Å². The number of aliphatic hydroxyl groups is 1. The molecule has 10 heteroatoms. The number of nitrogens with one attached hydrogen (secondary N) is 1. The van der Waals surface area contributed by atoms with Gasteiger partial charge in [-0.15, -0.1) is 0 Å². The molecule has 0 amide bonds. The minimum absolute atomic E-state index is 0.104. The summed E-state index contributed by atoms with van der Waals surface area (Å²) < 4.78 is 79.9. The average molecular weight is 406 g/mol. The highest BCUT2D eigenvalue weighted by molar-refractivity contribution is 7.71. The van der Waals surface area contributed by atoms with Crippen molar-refractivity contribution in [3.8, 4) is 0 Å². The molecule has 2 aromatic carbocycles. The summed E-state index contributed by atoms with van der Waals surface area (Å²) in [5, 5.41) is 9.24. The number of aromatic amines is 1. The highest BCUT2D eigenvalue weighted by atomic mass is 32.1. The Kier molecular flexibility index (Phi) is 4.81. The number of hydrogen-bond donors (Lipinski definition) is 2. The molecule has 0 aliphatic carbocycles. The van der Waals surface area contributed by atoms with Crippen LogP contribution in [0.4, 0.5) is 26.3 Å². The number of aliphatic hydroxyl groups excluding tert-OH is 1. The number of alkyl halides is 6. The zero-order valence-electron chi connectivity index (χ0n) is 13.4. The fourth-order valence-corrected chi connectivity index (χ4v) is 3.05. The highest BCUT2D eigenvalue weighted by Gasteiger charge is 2.38. The van der Waals surface area contributed by atoms with Crippen molar-refractivity contribution in [2.45, 2.75) is 25.5 Å². The maximum Gasteiger partial charge on any atom is 0.416 e. The lowest BCUT2D eigenvalue weighted by molar-refractivity contribution is -0.143. The number of H-pyrrole nitrogens is 1. The number of benzene rings is 2. The molecule has 0 bridgehead atoms. The van der Waals surface area contributed by atoms with Crippen molar-refractivity contribution >= 4 is 23.3 Å². The number of halogens is 6. The normalized spacial score (nSPS) is 12.7. The van der Waals surface area contributed by atoms with Gasteiger partial charge in [0.2, 0.25) is 0 Å². The molecule has 0 unspecified atom stereocenters. The molecule has 1 aromatic heterocycles. The third-order valence-electron chi connectivity index (χ3n) is 4.09. The van der Waals surface area contributed by atoms with E-state index < -0.39 is 23.5 Å². The number of rotatable bonds is 3. The second-order valence-electron chi connectivity index (χ2n) is 5.89. The van der Waals surface area contributed by atoms with E-state index in [1.54, 1.807) is 18.2 Å². The predicted octanol–water partition coefficient (Wildman–Crippen LogP) is 5.28. The lowest BCUT2D eigenvalue weighted by atomic mass is 10.0. The van der Waals surface area contributed by atoms with Crippen molar-refractivity contribution in [2.24, 2.45) is 0 Å². The van der Waals surface area contributed by atoms with Gasteiger partial charge in [-0.3, -0.25) is 0 Å². The average Bonchev–Trinajstić information content (AvgIpc) is 2.88. The van der Waals surface area contributed by atoms with E-state index >= 15 is 0 Å². The van der Waals surface area contributed by atoms with Gasteiger partial charge in [-0.25, -0.2) is 0 Å². The molecule has 1 heterocycles. The Labute approximate surface area is 153 Å². The van der Waals surface area contributed by atoms with E-state index in [-0.39, 0.29) is 29.6 Å². The standard InChI is InChI=1S/C17H12F6N2OS/c18-16(19,20)11-3-2-10(12(6-11)17(21,22)23)7-25-14-5-9(8-26)1-4-13(14)24-15(25)27/h1-6,26H,7-8H2,(H,24,27). The van der Waals surface area contributed by atoms with E-state index in [0.717, 1.165) is 6.07 Å². The third kappa shape index (κ3) is 3.86. The van der Waals surface area contributed by atoms with Crippen molar-refractivity contribution in [3.63, 3.8) is 0 Å². The van der Waals surface area contributed by atoms with Crippen LogP contribution < -0.4 is 0 Å². The molecule has 0 spiro atoms. The van der Waals surface area contributed by atoms with Gasteiger partial charge in [0.1, 0.15) is 0 Å². The number of hydrogen-bond acceptors (Lipinski definition) is 2. The van der Waals surface area contributed by atoms with Crippen LogP contribution in [-0.4, -0.2) is 14.7 Å². The summed E-state index contributed by atoms with van der Waals surface area (Å²) in [7, 11) is 0. The molecule has 0 fully saturated rings. The van der Waals surface area contributed by atoms with E-state index in [0.29, 0.717) is 22.7 Å². The molecular weight excluding hydrogens is 394 g/mol. The summed E-state index contributed by atoms with van der Waals surface area (Å²) >= 11 is 5.14. The lowest BCUT2D eigenvalue weighted by Gasteiger charge is -2.16. The highest BCUT2D eigenvalue weighted by Crippen LogP contribution is 2.37. The second-order valence-corrected chi connectivity index (χ2v) is 6.28. The number of fused-ring (bicyclic) bond motifs is 1. The van der Waals surface area contributed by atoms with E-state index in [4.69, 9.17) is 12.2 Å². The van der Waals surface area contributed by atoms with Gasteiger partial charge in [0.25, 0.3) is 0 Å². The molecule has 0 radical (unpaired) electrons. The summed E-state index contributed by atoms with van der Waals surface area (Å²) in [6.07, 6.45) is -9.84. The van der Waals surface area contributed by atoms with E-state index in [1.165, 1.54) is 4.57 Å². The molecule has 0 saturated carbocycles. The van der Waals surface area contributed by atoms with Crippen LogP contribution in [0, 0.1) is 4.77 Å². The molecule has 3 nitrogen and oxygen atoms in total. The topological polar surface area (TPSA) is 40.9 Å². The van der Waals surface area contributed by atoms with E-state index in [1.807, 2.05) is 0 Å². The van der Waals surface area contributed by atoms with Crippen molar-refractivity contribution in [1.29, 1.82) is 0 Å². The van der Waals surface area contributed by atoms with Gasteiger partial charge in [0, 0.05) is 0 Å². The van der Waals surface area contributed by atoms with Crippen LogP contribution in [0.25, 0.3) is 11.0 Å². The first-order chi connectivity index (χ1) is 12.5. The first kappa shape index (κ1) is 19.4. The van der Waals surface area contributed by atoms with Crippen LogP contribution in [0.3, 0.4) is 0 Å². The number of aromatic nitrogens is 2. The van der Waals surface area contributed by atoms with Gasteiger partial charge < -0.3 is 14.7 Å². The van der Waals surface area contributed by atoms with Gasteiger partial charge in [-0.1, -0.05) is 12.1 Å². The first-order valence-corrected chi connectivity index (χ1v) is 8.01. The Bertz CT molecular complexity index is 1050. The smallest absolute Gasteiger partial charge is 0.392 e. The summed E-state index contributed by atoms with van der Waals surface area (Å²) in [5.41, 5.74) is -1.58. The Morgan fingerprint density at radius 3 is 2.26 bits per heavy atom. The van der Waals surface area contributed by atoms with Gasteiger partial charge in [-0.05, 0) is 47.6 Å². The van der Waals surface area contributed by atoms with Crippen LogP contribution >= 0.6 is 12.2 Å². The molecule has 0 aliphatic rings. The molecule has 0 aliphatic heterocycles. The summed E-state index contributed by atoms with van der Waals surface area (Å²) in [6.45, 7) is -0.650. The van der Waals surface area contributed by atoms with Crippen LogP contribution in [0.5, 0.6) is 0 Å². The van der Waals surface area contributed by atoms with E-state index in [9.17, 15) is 31.4 Å². The fourth-order valence-electron chi connectivity index (χ4n) is 2.78. The molecule has 27 heavy (non-hydrogen) atoms. The van der Waals surface area contributed by atoms with Crippen molar-refractivity contribution in [1.82, 2.24) is 9.55 Å². The zero-order valence-corrected chi connectivity index (χ0v) is 14.3. The first-order valence-electron chi connectivity index (χ1n) is 7.60. The van der Waals surface area contributed by atoms with Gasteiger partial charge >= 0.3 is 12.4 Å². The molecule has 2 N–H and O–H groups in total. The minimum atomic E-state index is -4.96. The minimum Gasteiger partial charge on any atom is -0.392 e. The quantitative estimate of drug-likeness (QED) is 0.459. The Balaban J connectivity index is 2.14. The Morgan fingerprint density at radius 2 is 1.67 bits per heavy atom. The maximum absolute atomic E-state index is 13.3. The summed E-state index contributed by atoms with van der Waals surface area (Å²) in [5.74, 6) is 0. The summed E-state index contributed by atoms with van der Waals surface area (Å²) in [6, 6.07) is 6.32. The largest absolute Gasteiger partial charge is 0.416 e. The predicted molar refractivity (Wildman–Crippen MR) is 88.6 cm³/mol. The molecule has 144 valence electrons. The molecule has 3 rings (SSSR count). The summed E-state index contributed by atoms with van der Waals surface area (Å²) in [4.78, 5) is 2.83. The fraction of sp³-hybridized carbons (Fsp3) is 0.235. The molecule has 3 aromatic rings. The number of imidazole rings is 1. The third-order valence-corrected chi connectivity index (χ3v) is 4.42. The van der Waals surface area contributed by atoms with Gasteiger partial charge in [0.05, 0.1) is 35.3 Å². The van der Waals surface area contributed by atoms with Crippen molar-refractivity contribution in [2.75, 3.05) is 0 Å². The lowest BCUT2D eigenvalue weighted by Crippen LogP contribution is -2.15. The van der Waals surface area contributed by atoms with Crippen molar-refractivity contribution in [3.05, 3.63) is 63.4 Å².